The SMILES string of the molecule is CCNC(=NCC1CCC1)NC1C2CCOC2C12CCC2.I. The summed E-state index contributed by atoms with van der Waals surface area (Å²) < 4.78 is 6.01. The molecular formula is C17H30IN3O. The fourth-order valence-electron chi connectivity index (χ4n) is 4.82. The van der Waals surface area contributed by atoms with Crippen molar-refractivity contribution in [2.75, 3.05) is 19.7 Å². The minimum Gasteiger partial charge on any atom is -0.377 e. The molecule has 4 rings (SSSR count). The van der Waals surface area contributed by atoms with Crippen LogP contribution in [-0.4, -0.2) is 37.8 Å². The third-order valence-electron chi connectivity index (χ3n) is 6.40. The second-order valence-electron chi connectivity index (χ2n) is 7.47. The van der Waals surface area contributed by atoms with Crippen LogP contribution in [0.1, 0.15) is 51.9 Å². The first kappa shape index (κ1) is 16.8. The van der Waals surface area contributed by atoms with Gasteiger partial charge in [0.15, 0.2) is 5.96 Å². The summed E-state index contributed by atoms with van der Waals surface area (Å²) in [6.07, 6.45) is 9.97. The van der Waals surface area contributed by atoms with Crippen LogP contribution in [0.4, 0.5) is 0 Å². The van der Waals surface area contributed by atoms with Crippen LogP contribution in [0.3, 0.4) is 0 Å². The number of ether oxygens (including phenoxy) is 1. The van der Waals surface area contributed by atoms with Crippen molar-refractivity contribution in [1.29, 1.82) is 0 Å². The number of halogens is 1. The average molecular weight is 419 g/mol. The fraction of sp³-hybridized carbons (Fsp3) is 0.941. The lowest BCUT2D eigenvalue weighted by atomic mass is 9.46. The zero-order valence-electron chi connectivity index (χ0n) is 13.6. The third-order valence-corrected chi connectivity index (χ3v) is 6.40. The van der Waals surface area contributed by atoms with Gasteiger partial charge in [-0.25, -0.2) is 0 Å². The van der Waals surface area contributed by atoms with E-state index in [0.717, 1.165) is 37.5 Å². The molecule has 3 atom stereocenters. The smallest absolute Gasteiger partial charge is 0.191 e. The Hall–Kier alpha value is -0.0400. The van der Waals surface area contributed by atoms with Crippen LogP contribution in [-0.2, 0) is 4.74 Å². The van der Waals surface area contributed by atoms with Gasteiger partial charge >= 0.3 is 0 Å². The van der Waals surface area contributed by atoms with Crippen molar-refractivity contribution >= 4 is 29.9 Å². The van der Waals surface area contributed by atoms with Crippen LogP contribution >= 0.6 is 24.0 Å². The minimum absolute atomic E-state index is 0. The van der Waals surface area contributed by atoms with Crippen molar-refractivity contribution in [1.82, 2.24) is 10.6 Å². The van der Waals surface area contributed by atoms with Gasteiger partial charge in [-0.3, -0.25) is 4.99 Å². The first-order chi connectivity index (χ1) is 10.3. The number of aliphatic imine (C=N–C) groups is 1. The van der Waals surface area contributed by atoms with Crippen molar-refractivity contribution in [3.05, 3.63) is 0 Å². The predicted octanol–water partition coefficient (Wildman–Crippen LogP) is 2.92. The summed E-state index contributed by atoms with van der Waals surface area (Å²) in [6.45, 7) is 5.06. The lowest BCUT2D eigenvalue weighted by molar-refractivity contribution is -0.171. The molecule has 1 saturated heterocycles. The van der Waals surface area contributed by atoms with Gasteiger partial charge < -0.3 is 15.4 Å². The van der Waals surface area contributed by atoms with Gasteiger partial charge in [-0.1, -0.05) is 12.8 Å². The van der Waals surface area contributed by atoms with Crippen molar-refractivity contribution in [3.63, 3.8) is 0 Å². The van der Waals surface area contributed by atoms with Crippen molar-refractivity contribution in [3.8, 4) is 0 Å². The normalized spacial score (nSPS) is 35.7. The van der Waals surface area contributed by atoms with E-state index in [-0.39, 0.29) is 24.0 Å². The molecule has 4 nitrogen and oxygen atoms in total. The van der Waals surface area contributed by atoms with Crippen LogP contribution in [0.25, 0.3) is 0 Å². The van der Waals surface area contributed by atoms with E-state index in [4.69, 9.17) is 9.73 Å². The lowest BCUT2D eigenvalue weighted by Crippen LogP contribution is -2.72. The van der Waals surface area contributed by atoms with Gasteiger partial charge in [-0.2, -0.15) is 0 Å². The maximum absolute atomic E-state index is 6.01. The first-order valence-electron chi connectivity index (χ1n) is 9.00. The highest BCUT2D eigenvalue weighted by molar-refractivity contribution is 14.0. The van der Waals surface area contributed by atoms with Gasteiger partial charge in [0.1, 0.15) is 0 Å². The van der Waals surface area contributed by atoms with Crippen molar-refractivity contribution in [2.45, 2.75) is 64.0 Å². The van der Waals surface area contributed by atoms with E-state index in [9.17, 15) is 0 Å². The van der Waals surface area contributed by atoms with E-state index in [1.165, 1.54) is 44.9 Å². The van der Waals surface area contributed by atoms with Gasteiger partial charge in [0.2, 0.25) is 0 Å². The van der Waals surface area contributed by atoms with Gasteiger partial charge in [0, 0.05) is 37.1 Å². The predicted molar refractivity (Wildman–Crippen MR) is 99.8 cm³/mol. The van der Waals surface area contributed by atoms with E-state index >= 15 is 0 Å². The fourth-order valence-corrected chi connectivity index (χ4v) is 4.82. The lowest BCUT2D eigenvalue weighted by Gasteiger charge is -2.63. The molecule has 0 aromatic carbocycles. The van der Waals surface area contributed by atoms with Crippen molar-refractivity contribution in [2.24, 2.45) is 22.2 Å². The Morgan fingerprint density at radius 2 is 2.05 bits per heavy atom. The third kappa shape index (κ3) is 2.66. The highest BCUT2D eigenvalue weighted by Gasteiger charge is 2.66. The number of nitrogens with one attached hydrogen (secondary N) is 2. The summed E-state index contributed by atoms with van der Waals surface area (Å²) in [5.41, 5.74) is 0.438. The number of hydrogen-bond acceptors (Lipinski definition) is 2. The summed E-state index contributed by atoms with van der Waals surface area (Å²) >= 11 is 0. The molecule has 0 radical (unpaired) electrons. The van der Waals surface area contributed by atoms with Crippen LogP contribution in [0.5, 0.6) is 0 Å². The Bertz CT molecular complexity index is 420. The molecule has 0 amide bonds. The molecule has 126 valence electrons. The Labute approximate surface area is 151 Å². The Kier molecular flexibility index (Phi) is 5.22. The minimum atomic E-state index is 0. The zero-order valence-corrected chi connectivity index (χ0v) is 16.0. The summed E-state index contributed by atoms with van der Waals surface area (Å²) in [5.74, 6) is 2.60. The van der Waals surface area contributed by atoms with E-state index in [2.05, 4.69) is 17.6 Å². The maximum atomic E-state index is 6.01. The number of rotatable bonds is 4. The molecule has 4 aliphatic rings. The summed E-state index contributed by atoms with van der Waals surface area (Å²) in [7, 11) is 0. The van der Waals surface area contributed by atoms with Crippen LogP contribution < -0.4 is 10.6 Å². The van der Waals surface area contributed by atoms with Crippen LogP contribution in [0, 0.1) is 17.3 Å². The number of fused-ring (bicyclic) bond motifs is 2. The molecule has 1 spiro atoms. The summed E-state index contributed by atoms with van der Waals surface area (Å²) in [5, 5.41) is 7.23. The average Bonchev–Trinajstić information content (AvgIpc) is 2.77. The molecular weight excluding hydrogens is 389 g/mol. The summed E-state index contributed by atoms with van der Waals surface area (Å²) in [4.78, 5) is 4.85. The number of nitrogens with zero attached hydrogens (tertiary/aromatic N) is 1. The Balaban J connectivity index is 0.00000144. The second kappa shape index (κ2) is 6.83. The highest BCUT2D eigenvalue weighted by Crippen LogP contribution is 2.62. The van der Waals surface area contributed by atoms with Crippen molar-refractivity contribution < 1.29 is 4.74 Å². The standard InChI is InChI=1S/C17H29N3O.HI/c1-2-18-16(19-11-12-5-3-6-12)20-14-13-7-10-21-15(13)17(14)8-4-9-17;/h12-15H,2-11H2,1H3,(H2,18,19,20);1H. The topological polar surface area (TPSA) is 45.7 Å². The molecule has 0 aromatic heterocycles. The van der Waals surface area contributed by atoms with E-state index < -0.39 is 0 Å². The van der Waals surface area contributed by atoms with Crippen LogP contribution in [0.15, 0.2) is 4.99 Å². The van der Waals surface area contributed by atoms with Gasteiger partial charge in [-0.05, 0) is 44.9 Å². The highest BCUT2D eigenvalue weighted by atomic mass is 127. The molecule has 4 fully saturated rings. The molecule has 0 aromatic rings. The van der Waals surface area contributed by atoms with E-state index in [1.54, 1.807) is 0 Å². The molecule has 3 aliphatic carbocycles. The van der Waals surface area contributed by atoms with Crippen LogP contribution in [0.2, 0.25) is 0 Å². The van der Waals surface area contributed by atoms with Gasteiger partial charge in [0.05, 0.1) is 6.10 Å². The van der Waals surface area contributed by atoms with E-state index in [1.807, 2.05) is 0 Å². The summed E-state index contributed by atoms with van der Waals surface area (Å²) in [6, 6.07) is 0.595. The molecule has 5 heteroatoms. The second-order valence-corrected chi connectivity index (χ2v) is 7.47. The molecule has 0 bridgehead atoms. The Morgan fingerprint density at radius 1 is 1.23 bits per heavy atom. The number of guanidine groups is 1. The monoisotopic (exact) mass is 419 g/mol. The van der Waals surface area contributed by atoms with Gasteiger partial charge in [0.25, 0.3) is 0 Å². The van der Waals surface area contributed by atoms with Gasteiger partial charge in [-0.15, -0.1) is 24.0 Å². The van der Waals surface area contributed by atoms with E-state index in [0.29, 0.717) is 17.6 Å². The number of hydrogen-bond donors (Lipinski definition) is 2. The molecule has 1 heterocycles. The molecule has 3 unspecified atom stereocenters. The quantitative estimate of drug-likeness (QED) is 0.419. The maximum Gasteiger partial charge on any atom is 0.191 e. The molecule has 3 saturated carbocycles. The zero-order chi connectivity index (χ0) is 14.3. The molecule has 1 aliphatic heterocycles. The molecule has 22 heavy (non-hydrogen) atoms. The molecule has 2 N–H and O–H groups in total. The Morgan fingerprint density at radius 3 is 2.64 bits per heavy atom. The largest absolute Gasteiger partial charge is 0.377 e. The first-order valence-corrected chi connectivity index (χ1v) is 9.00.